The second-order valence-electron chi connectivity index (χ2n) is 3.72. The van der Waals surface area contributed by atoms with Crippen LogP contribution in [0.15, 0.2) is 42.5 Å². The van der Waals surface area contributed by atoms with Crippen LogP contribution in [-0.2, 0) is 6.54 Å². The molecular formula is C14H10F2N2. The average Bonchev–Trinajstić information content (AvgIpc) is 2.38. The SMILES string of the molecule is N#Cc1c(F)cccc1NCc1ccccc1F. The van der Waals surface area contributed by atoms with E-state index in [9.17, 15) is 8.78 Å². The van der Waals surface area contributed by atoms with Crippen LogP contribution in [0.5, 0.6) is 0 Å². The first-order chi connectivity index (χ1) is 8.72. The standard InChI is InChI=1S/C14H10F2N2/c15-12-5-2-1-4-10(12)9-18-14-7-3-6-13(16)11(14)8-17/h1-7,18H,9H2. The molecule has 1 N–H and O–H groups in total. The third-order valence-electron chi connectivity index (χ3n) is 2.55. The van der Waals surface area contributed by atoms with Crippen molar-refractivity contribution in [2.24, 2.45) is 0 Å². The Labute approximate surface area is 103 Å². The minimum Gasteiger partial charge on any atom is -0.380 e. The summed E-state index contributed by atoms with van der Waals surface area (Å²) in [7, 11) is 0. The van der Waals surface area contributed by atoms with Crippen molar-refractivity contribution in [3.8, 4) is 6.07 Å². The molecule has 2 rings (SSSR count). The Hall–Kier alpha value is -2.41. The summed E-state index contributed by atoms with van der Waals surface area (Å²) < 4.78 is 26.7. The summed E-state index contributed by atoms with van der Waals surface area (Å²) in [5.74, 6) is -0.920. The number of nitriles is 1. The van der Waals surface area contributed by atoms with Crippen LogP contribution >= 0.6 is 0 Å². The summed E-state index contributed by atoms with van der Waals surface area (Å²) in [6, 6.07) is 12.4. The molecule has 0 aliphatic rings. The monoisotopic (exact) mass is 244 g/mol. The predicted molar refractivity (Wildman–Crippen MR) is 64.8 cm³/mol. The zero-order chi connectivity index (χ0) is 13.0. The molecule has 0 fully saturated rings. The van der Waals surface area contributed by atoms with Gasteiger partial charge in [0, 0.05) is 12.1 Å². The highest BCUT2D eigenvalue weighted by molar-refractivity contribution is 5.58. The number of hydrogen-bond acceptors (Lipinski definition) is 2. The summed E-state index contributed by atoms with van der Waals surface area (Å²) in [4.78, 5) is 0. The van der Waals surface area contributed by atoms with Crippen molar-refractivity contribution in [1.29, 1.82) is 5.26 Å². The molecule has 0 bridgehead atoms. The lowest BCUT2D eigenvalue weighted by atomic mass is 10.1. The summed E-state index contributed by atoms with van der Waals surface area (Å²) in [5, 5.41) is 11.7. The fourth-order valence-corrected chi connectivity index (χ4v) is 1.62. The molecule has 0 saturated heterocycles. The van der Waals surface area contributed by atoms with Crippen LogP contribution in [0.3, 0.4) is 0 Å². The molecule has 2 aromatic carbocycles. The number of benzene rings is 2. The third-order valence-corrected chi connectivity index (χ3v) is 2.55. The number of nitrogens with zero attached hydrogens (tertiary/aromatic N) is 1. The highest BCUT2D eigenvalue weighted by atomic mass is 19.1. The van der Waals surface area contributed by atoms with Crippen molar-refractivity contribution in [3.05, 3.63) is 65.2 Å². The number of anilines is 1. The minimum absolute atomic E-state index is 0.0613. The molecule has 0 spiro atoms. The van der Waals surface area contributed by atoms with Gasteiger partial charge in [-0.3, -0.25) is 0 Å². The van der Waals surface area contributed by atoms with Crippen LogP contribution in [0.4, 0.5) is 14.5 Å². The van der Waals surface area contributed by atoms with Gasteiger partial charge in [-0.05, 0) is 18.2 Å². The Kier molecular flexibility index (Phi) is 3.54. The maximum absolute atomic E-state index is 13.4. The molecule has 2 aromatic rings. The Bertz CT molecular complexity index is 603. The van der Waals surface area contributed by atoms with E-state index >= 15 is 0 Å². The van der Waals surface area contributed by atoms with Gasteiger partial charge in [0.05, 0.1) is 5.69 Å². The van der Waals surface area contributed by atoms with E-state index in [0.29, 0.717) is 11.3 Å². The maximum atomic E-state index is 13.4. The molecule has 90 valence electrons. The Balaban J connectivity index is 2.19. The lowest BCUT2D eigenvalue weighted by Crippen LogP contribution is -2.04. The van der Waals surface area contributed by atoms with Gasteiger partial charge in [-0.1, -0.05) is 24.3 Å². The quantitative estimate of drug-likeness (QED) is 0.897. The van der Waals surface area contributed by atoms with Crippen LogP contribution in [0.2, 0.25) is 0 Å². The van der Waals surface area contributed by atoms with Crippen LogP contribution < -0.4 is 5.32 Å². The van der Waals surface area contributed by atoms with Gasteiger partial charge in [-0.15, -0.1) is 0 Å². The summed E-state index contributed by atoms with van der Waals surface area (Å²) in [5.41, 5.74) is 0.764. The topological polar surface area (TPSA) is 35.8 Å². The molecule has 0 radical (unpaired) electrons. The fourth-order valence-electron chi connectivity index (χ4n) is 1.62. The Morgan fingerprint density at radius 3 is 2.44 bits per heavy atom. The number of hydrogen-bond donors (Lipinski definition) is 1. The van der Waals surface area contributed by atoms with Crippen molar-refractivity contribution in [1.82, 2.24) is 0 Å². The van der Waals surface area contributed by atoms with Gasteiger partial charge in [0.2, 0.25) is 0 Å². The van der Waals surface area contributed by atoms with Gasteiger partial charge in [0.15, 0.2) is 0 Å². The smallest absolute Gasteiger partial charge is 0.143 e. The first kappa shape index (κ1) is 12.1. The molecule has 0 saturated carbocycles. The molecule has 0 aromatic heterocycles. The molecular weight excluding hydrogens is 234 g/mol. The van der Waals surface area contributed by atoms with Crippen LogP contribution in [0.1, 0.15) is 11.1 Å². The first-order valence-corrected chi connectivity index (χ1v) is 5.38. The van der Waals surface area contributed by atoms with Gasteiger partial charge >= 0.3 is 0 Å². The van der Waals surface area contributed by atoms with E-state index in [4.69, 9.17) is 5.26 Å². The van der Waals surface area contributed by atoms with Gasteiger partial charge in [-0.2, -0.15) is 5.26 Å². The zero-order valence-corrected chi connectivity index (χ0v) is 9.45. The van der Waals surface area contributed by atoms with Gasteiger partial charge in [0.1, 0.15) is 23.3 Å². The van der Waals surface area contributed by atoms with E-state index in [1.807, 2.05) is 0 Å². The zero-order valence-electron chi connectivity index (χ0n) is 9.45. The number of rotatable bonds is 3. The molecule has 0 aliphatic carbocycles. The summed E-state index contributed by atoms with van der Waals surface area (Å²) in [6.07, 6.45) is 0. The molecule has 0 heterocycles. The molecule has 4 heteroatoms. The van der Waals surface area contributed by atoms with E-state index in [0.717, 1.165) is 0 Å². The van der Waals surface area contributed by atoms with Crippen molar-refractivity contribution >= 4 is 5.69 Å². The van der Waals surface area contributed by atoms with Crippen LogP contribution in [0.25, 0.3) is 0 Å². The van der Waals surface area contributed by atoms with Crippen molar-refractivity contribution in [2.45, 2.75) is 6.54 Å². The lowest BCUT2D eigenvalue weighted by Gasteiger charge is -2.09. The predicted octanol–water partition coefficient (Wildman–Crippen LogP) is 3.45. The van der Waals surface area contributed by atoms with Crippen molar-refractivity contribution in [3.63, 3.8) is 0 Å². The van der Waals surface area contributed by atoms with Crippen LogP contribution in [0, 0.1) is 23.0 Å². The number of halogens is 2. The first-order valence-electron chi connectivity index (χ1n) is 5.38. The molecule has 2 nitrogen and oxygen atoms in total. The highest BCUT2D eigenvalue weighted by Crippen LogP contribution is 2.19. The lowest BCUT2D eigenvalue weighted by molar-refractivity contribution is 0.612. The largest absolute Gasteiger partial charge is 0.380 e. The maximum Gasteiger partial charge on any atom is 0.143 e. The molecule has 0 amide bonds. The van der Waals surface area contributed by atoms with E-state index < -0.39 is 5.82 Å². The van der Waals surface area contributed by atoms with E-state index in [1.165, 1.54) is 18.2 Å². The van der Waals surface area contributed by atoms with Crippen molar-refractivity contribution in [2.75, 3.05) is 5.32 Å². The van der Waals surface area contributed by atoms with E-state index in [2.05, 4.69) is 5.32 Å². The second kappa shape index (κ2) is 5.28. The summed E-state index contributed by atoms with van der Waals surface area (Å²) >= 11 is 0. The third kappa shape index (κ3) is 2.46. The number of nitrogens with one attached hydrogen (secondary N) is 1. The van der Waals surface area contributed by atoms with Gasteiger partial charge < -0.3 is 5.32 Å². The normalized spacial score (nSPS) is 9.83. The van der Waals surface area contributed by atoms with E-state index in [-0.39, 0.29) is 17.9 Å². The summed E-state index contributed by atoms with van der Waals surface area (Å²) in [6.45, 7) is 0.199. The van der Waals surface area contributed by atoms with Gasteiger partial charge in [0.25, 0.3) is 0 Å². The van der Waals surface area contributed by atoms with Crippen LogP contribution in [-0.4, -0.2) is 0 Å². The molecule has 0 unspecified atom stereocenters. The fraction of sp³-hybridized carbons (Fsp3) is 0.0714. The Morgan fingerprint density at radius 1 is 1.00 bits per heavy atom. The Morgan fingerprint density at radius 2 is 1.72 bits per heavy atom. The molecule has 0 atom stereocenters. The van der Waals surface area contributed by atoms with Gasteiger partial charge in [-0.25, -0.2) is 8.78 Å². The van der Waals surface area contributed by atoms with Crippen molar-refractivity contribution < 1.29 is 8.78 Å². The average molecular weight is 244 g/mol. The van der Waals surface area contributed by atoms with E-state index in [1.54, 1.807) is 30.3 Å². The minimum atomic E-state index is -0.587. The highest BCUT2D eigenvalue weighted by Gasteiger charge is 2.08. The molecule has 0 aliphatic heterocycles. The second-order valence-corrected chi connectivity index (χ2v) is 3.72. The molecule has 18 heavy (non-hydrogen) atoms.